The monoisotopic (exact) mass is 371 g/mol. The van der Waals surface area contributed by atoms with E-state index in [1.807, 2.05) is 56.6 Å². The molecule has 1 aromatic carbocycles. The molecule has 0 spiro atoms. The van der Waals surface area contributed by atoms with Crippen molar-refractivity contribution in [3.05, 3.63) is 54.9 Å². The van der Waals surface area contributed by atoms with Gasteiger partial charge in [0.2, 0.25) is 0 Å². The van der Waals surface area contributed by atoms with Gasteiger partial charge in [-0.25, -0.2) is 4.98 Å². The SMILES string of the molecule is Cn1nc(-c2ccccc2)cc1Nc1cc(-c2cn[nH]n2)c2cnn(C)c2n1. The third kappa shape index (κ3) is 2.69. The maximum absolute atomic E-state index is 4.71. The number of aromatic amines is 1. The number of benzene rings is 1. The number of anilines is 2. The van der Waals surface area contributed by atoms with Crippen molar-refractivity contribution in [3.63, 3.8) is 0 Å². The average Bonchev–Trinajstić information content (AvgIpc) is 3.45. The van der Waals surface area contributed by atoms with Crippen LogP contribution in [-0.2, 0) is 14.1 Å². The third-order valence-corrected chi connectivity index (χ3v) is 4.60. The number of H-pyrrole nitrogens is 1. The number of aromatic nitrogens is 8. The molecule has 28 heavy (non-hydrogen) atoms. The molecule has 2 N–H and O–H groups in total. The van der Waals surface area contributed by atoms with Gasteiger partial charge in [-0.15, -0.1) is 0 Å². The van der Waals surface area contributed by atoms with Crippen LogP contribution in [0.1, 0.15) is 0 Å². The summed E-state index contributed by atoms with van der Waals surface area (Å²) >= 11 is 0. The summed E-state index contributed by atoms with van der Waals surface area (Å²) in [5, 5.41) is 24.0. The van der Waals surface area contributed by atoms with Crippen molar-refractivity contribution in [2.75, 3.05) is 5.32 Å². The number of pyridine rings is 1. The van der Waals surface area contributed by atoms with Crippen molar-refractivity contribution >= 4 is 22.7 Å². The summed E-state index contributed by atoms with van der Waals surface area (Å²) in [6.45, 7) is 0. The van der Waals surface area contributed by atoms with E-state index in [0.29, 0.717) is 5.82 Å². The molecule has 0 bridgehead atoms. The Balaban J connectivity index is 1.58. The van der Waals surface area contributed by atoms with Crippen LogP contribution in [0, 0.1) is 0 Å². The molecule has 0 fully saturated rings. The van der Waals surface area contributed by atoms with E-state index in [0.717, 1.165) is 39.4 Å². The Hall–Kier alpha value is -4.01. The van der Waals surface area contributed by atoms with E-state index in [4.69, 9.17) is 4.98 Å². The quantitative estimate of drug-likeness (QED) is 0.504. The highest BCUT2D eigenvalue weighted by atomic mass is 15.3. The van der Waals surface area contributed by atoms with Crippen LogP contribution < -0.4 is 5.32 Å². The molecule has 0 saturated carbocycles. The van der Waals surface area contributed by atoms with Gasteiger partial charge in [-0.3, -0.25) is 9.36 Å². The van der Waals surface area contributed by atoms with Gasteiger partial charge >= 0.3 is 0 Å². The highest BCUT2D eigenvalue weighted by Gasteiger charge is 2.15. The summed E-state index contributed by atoms with van der Waals surface area (Å²) in [6.07, 6.45) is 3.47. The van der Waals surface area contributed by atoms with Gasteiger partial charge in [0, 0.05) is 36.7 Å². The Morgan fingerprint density at radius 1 is 0.964 bits per heavy atom. The van der Waals surface area contributed by atoms with Crippen LogP contribution >= 0.6 is 0 Å². The minimum absolute atomic E-state index is 0.678. The molecule has 4 aromatic heterocycles. The van der Waals surface area contributed by atoms with E-state index in [2.05, 4.69) is 30.9 Å². The Bertz CT molecular complexity index is 1250. The maximum atomic E-state index is 4.71. The number of hydrogen-bond donors (Lipinski definition) is 2. The van der Waals surface area contributed by atoms with Crippen molar-refractivity contribution in [2.24, 2.45) is 14.1 Å². The van der Waals surface area contributed by atoms with Crippen LogP contribution in [0.2, 0.25) is 0 Å². The van der Waals surface area contributed by atoms with E-state index < -0.39 is 0 Å². The largest absolute Gasteiger partial charge is 0.325 e. The van der Waals surface area contributed by atoms with Gasteiger partial charge in [0.1, 0.15) is 17.3 Å². The van der Waals surface area contributed by atoms with Gasteiger partial charge in [0.05, 0.1) is 18.1 Å². The van der Waals surface area contributed by atoms with Crippen molar-refractivity contribution < 1.29 is 0 Å². The Labute approximate surface area is 160 Å². The fourth-order valence-electron chi connectivity index (χ4n) is 3.19. The van der Waals surface area contributed by atoms with Crippen LogP contribution in [0.15, 0.2) is 54.9 Å². The minimum atomic E-state index is 0.678. The summed E-state index contributed by atoms with van der Waals surface area (Å²) in [6, 6.07) is 14.0. The first-order valence-corrected chi connectivity index (χ1v) is 8.74. The van der Waals surface area contributed by atoms with E-state index >= 15 is 0 Å². The summed E-state index contributed by atoms with van der Waals surface area (Å²) in [5.74, 6) is 1.51. The highest BCUT2D eigenvalue weighted by Crippen LogP contribution is 2.30. The zero-order chi connectivity index (χ0) is 19.1. The first-order chi connectivity index (χ1) is 13.7. The molecule has 0 saturated heterocycles. The molecular weight excluding hydrogens is 354 g/mol. The Morgan fingerprint density at radius 3 is 2.61 bits per heavy atom. The van der Waals surface area contributed by atoms with Crippen molar-refractivity contribution in [1.82, 2.24) is 40.0 Å². The van der Waals surface area contributed by atoms with E-state index in [1.165, 1.54) is 0 Å². The molecule has 0 radical (unpaired) electrons. The average molecular weight is 371 g/mol. The van der Waals surface area contributed by atoms with Gasteiger partial charge in [0.25, 0.3) is 0 Å². The number of rotatable bonds is 4. The first-order valence-electron chi connectivity index (χ1n) is 8.74. The molecule has 0 unspecified atom stereocenters. The lowest BCUT2D eigenvalue weighted by atomic mass is 10.1. The highest BCUT2D eigenvalue weighted by molar-refractivity contribution is 5.93. The zero-order valence-corrected chi connectivity index (χ0v) is 15.3. The number of fused-ring (bicyclic) bond motifs is 1. The molecule has 0 amide bonds. The predicted molar refractivity (Wildman–Crippen MR) is 106 cm³/mol. The van der Waals surface area contributed by atoms with Crippen molar-refractivity contribution in [1.29, 1.82) is 0 Å². The maximum Gasteiger partial charge on any atom is 0.160 e. The van der Waals surface area contributed by atoms with Gasteiger partial charge in [-0.1, -0.05) is 30.3 Å². The summed E-state index contributed by atoms with van der Waals surface area (Å²) in [5.41, 5.74) is 4.35. The van der Waals surface area contributed by atoms with Crippen LogP contribution in [0.3, 0.4) is 0 Å². The van der Waals surface area contributed by atoms with Gasteiger partial charge in [0.15, 0.2) is 5.65 Å². The van der Waals surface area contributed by atoms with E-state index in [9.17, 15) is 0 Å². The van der Waals surface area contributed by atoms with E-state index in [-0.39, 0.29) is 0 Å². The zero-order valence-electron chi connectivity index (χ0n) is 15.3. The third-order valence-electron chi connectivity index (χ3n) is 4.60. The normalized spacial score (nSPS) is 11.2. The fraction of sp³-hybridized carbons (Fsp3) is 0.105. The second-order valence-electron chi connectivity index (χ2n) is 6.45. The molecular formula is C19H17N9. The van der Waals surface area contributed by atoms with Crippen LogP contribution in [0.25, 0.3) is 33.5 Å². The van der Waals surface area contributed by atoms with Gasteiger partial charge < -0.3 is 5.32 Å². The standard InChI is InChI=1S/C19H17N9/c1-27-18(9-15(25-27)12-6-4-3-5-7-12)22-17-8-13(16-11-20-26-24-16)14-10-21-28(2)19(14)23-17/h3-11H,1-2H3,(H,22,23)(H,20,24,26). The number of nitrogens with zero attached hydrogens (tertiary/aromatic N) is 7. The molecule has 9 heteroatoms. The molecule has 0 aliphatic rings. The lowest BCUT2D eigenvalue weighted by molar-refractivity contribution is 0.777. The molecule has 9 nitrogen and oxygen atoms in total. The summed E-state index contributed by atoms with van der Waals surface area (Å²) in [4.78, 5) is 4.71. The lowest BCUT2D eigenvalue weighted by Gasteiger charge is -2.08. The number of nitrogens with one attached hydrogen (secondary N) is 2. The Morgan fingerprint density at radius 2 is 1.82 bits per heavy atom. The molecule has 0 atom stereocenters. The topological polar surface area (TPSA) is 102 Å². The van der Waals surface area contributed by atoms with Crippen LogP contribution in [0.4, 0.5) is 11.6 Å². The Kier molecular flexibility index (Phi) is 3.64. The summed E-state index contributed by atoms with van der Waals surface area (Å²) < 4.78 is 3.54. The minimum Gasteiger partial charge on any atom is -0.325 e. The molecule has 4 heterocycles. The van der Waals surface area contributed by atoms with Crippen molar-refractivity contribution in [2.45, 2.75) is 0 Å². The van der Waals surface area contributed by atoms with Gasteiger partial charge in [-0.05, 0) is 6.07 Å². The van der Waals surface area contributed by atoms with Crippen LogP contribution in [0.5, 0.6) is 0 Å². The smallest absolute Gasteiger partial charge is 0.160 e. The van der Waals surface area contributed by atoms with Crippen molar-refractivity contribution in [3.8, 4) is 22.5 Å². The van der Waals surface area contributed by atoms with Gasteiger partial charge in [-0.2, -0.15) is 25.6 Å². The predicted octanol–water partition coefficient (Wildman–Crippen LogP) is 2.90. The number of hydrogen-bond acceptors (Lipinski definition) is 6. The number of aryl methyl sites for hydroxylation is 2. The molecule has 5 aromatic rings. The van der Waals surface area contributed by atoms with E-state index in [1.54, 1.807) is 21.8 Å². The second-order valence-corrected chi connectivity index (χ2v) is 6.45. The second kappa shape index (κ2) is 6.31. The molecule has 138 valence electrons. The first kappa shape index (κ1) is 16.2. The van der Waals surface area contributed by atoms with Crippen LogP contribution in [-0.4, -0.2) is 40.0 Å². The molecule has 0 aliphatic heterocycles. The molecule has 5 rings (SSSR count). The summed E-state index contributed by atoms with van der Waals surface area (Å²) in [7, 11) is 3.76. The lowest BCUT2D eigenvalue weighted by Crippen LogP contribution is -2.02. The fourth-order valence-corrected chi connectivity index (χ4v) is 3.19. The molecule has 0 aliphatic carbocycles.